The summed E-state index contributed by atoms with van der Waals surface area (Å²) in [6.45, 7) is 2.08. The summed E-state index contributed by atoms with van der Waals surface area (Å²) in [6.07, 6.45) is 4.76. The molecule has 0 saturated carbocycles. The van der Waals surface area contributed by atoms with E-state index in [1.165, 1.54) is 0 Å². The van der Waals surface area contributed by atoms with Gasteiger partial charge in [-0.15, -0.1) is 0 Å². The first-order valence-electron chi connectivity index (χ1n) is 4.60. The van der Waals surface area contributed by atoms with Crippen molar-refractivity contribution >= 4 is 21.6 Å². The summed E-state index contributed by atoms with van der Waals surface area (Å²) in [7, 11) is 0. The first kappa shape index (κ1) is 9.68. The smallest absolute Gasteiger partial charge is 0.137 e. The second kappa shape index (κ2) is 3.71. The van der Waals surface area contributed by atoms with Crippen LogP contribution in [-0.2, 0) is 0 Å². The highest BCUT2D eigenvalue weighted by Crippen LogP contribution is 2.18. The molecule has 0 aliphatic carbocycles. The molecular weight excluding hydrogens is 242 g/mol. The molecule has 0 fully saturated rings. The maximum atomic E-state index is 5.96. The summed E-state index contributed by atoms with van der Waals surface area (Å²) >= 11 is 3.43. The molecule has 0 bridgehead atoms. The molecule has 4 heteroatoms. The maximum absolute atomic E-state index is 5.96. The number of aromatic nitrogens is 2. The highest BCUT2D eigenvalue weighted by Gasteiger charge is 2.05. The van der Waals surface area contributed by atoms with Crippen molar-refractivity contribution in [1.82, 2.24) is 9.38 Å². The van der Waals surface area contributed by atoms with Gasteiger partial charge in [0.05, 0.1) is 6.20 Å². The van der Waals surface area contributed by atoms with Crippen molar-refractivity contribution in [1.29, 1.82) is 0 Å². The number of pyridine rings is 1. The van der Waals surface area contributed by atoms with Crippen LogP contribution in [0.15, 0.2) is 29.1 Å². The van der Waals surface area contributed by atoms with Gasteiger partial charge < -0.3 is 5.73 Å². The van der Waals surface area contributed by atoms with Gasteiger partial charge in [0.2, 0.25) is 0 Å². The standard InChI is InChI=1S/C10H12BrN3/c1-2-8(12)7-3-4-10-13-5-9(11)14(10)6-7/h3-6,8H,2,12H2,1H3. The predicted molar refractivity (Wildman–Crippen MR) is 60.1 cm³/mol. The number of rotatable bonds is 2. The fraction of sp³-hybridized carbons (Fsp3) is 0.300. The first-order valence-corrected chi connectivity index (χ1v) is 5.39. The molecule has 0 aliphatic rings. The lowest BCUT2D eigenvalue weighted by atomic mass is 10.1. The molecule has 0 aliphatic heterocycles. The number of fused-ring (bicyclic) bond motifs is 1. The molecule has 1 unspecified atom stereocenters. The third kappa shape index (κ3) is 1.55. The lowest BCUT2D eigenvalue weighted by molar-refractivity contribution is 0.693. The third-order valence-corrected chi connectivity index (χ3v) is 2.94. The Morgan fingerprint density at radius 2 is 2.36 bits per heavy atom. The number of halogens is 1. The summed E-state index contributed by atoms with van der Waals surface area (Å²) in [5, 5.41) is 0. The zero-order valence-electron chi connectivity index (χ0n) is 7.94. The van der Waals surface area contributed by atoms with E-state index in [0.717, 1.165) is 22.2 Å². The SMILES string of the molecule is CCC(N)c1ccc2ncc(Br)n2c1. The van der Waals surface area contributed by atoms with E-state index in [1.54, 1.807) is 6.20 Å². The van der Waals surface area contributed by atoms with Crippen molar-refractivity contribution in [2.45, 2.75) is 19.4 Å². The Balaban J connectivity index is 2.54. The van der Waals surface area contributed by atoms with Gasteiger partial charge >= 0.3 is 0 Å². The molecule has 0 saturated heterocycles. The van der Waals surface area contributed by atoms with Crippen molar-refractivity contribution in [2.75, 3.05) is 0 Å². The summed E-state index contributed by atoms with van der Waals surface area (Å²) in [5.74, 6) is 0. The number of imidazole rings is 1. The van der Waals surface area contributed by atoms with E-state index in [-0.39, 0.29) is 6.04 Å². The fourth-order valence-corrected chi connectivity index (χ4v) is 1.81. The van der Waals surface area contributed by atoms with Crippen molar-refractivity contribution < 1.29 is 0 Å². The van der Waals surface area contributed by atoms with Gasteiger partial charge in [-0.3, -0.25) is 4.40 Å². The second-order valence-electron chi connectivity index (χ2n) is 3.29. The molecular formula is C10H12BrN3. The molecule has 0 aromatic carbocycles. The van der Waals surface area contributed by atoms with E-state index in [0.29, 0.717) is 0 Å². The number of nitrogens with zero attached hydrogens (tertiary/aromatic N) is 2. The normalized spacial score (nSPS) is 13.4. The highest BCUT2D eigenvalue weighted by molar-refractivity contribution is 9.10. The van der Waals surface area contributed by atoms with E-state index < -0.39 is 0 Å². The molecule has 2 rings (SSSR count). The average molecular weight is 254 g/mol. The van der Waals surface area contributed by atoms with Crippen LogP contribution in [0, 0.1) is 0 Å². The maximum Gasteiger partial charge on any atom is 0.137 e. The van der Waals surface area contributed by atoms with Gasteiger partial charge in [0.15, 0.2) is 0 Å². The van der Waals surface area contributed by atoms with Crippen LogP contribution in [0.2, 0.25) is 0 Å². The molecule has 2 N–H and O–H groups in total. The number of nitrogens with two attached hydrogens (primary N) is 1. The van der Waals surface area contributed by atoms with E-state index in [4.69, 9.17) is 5.73 Å². The predicted octanol–water partition coefficient (Wildman–Crippen LogP) is 2.51. The minimum atomic E-state index is 0.105. The Hall–Kier alpha value is -0.870. The van der Waals surface area contributed by atoms with E-state index in [1.807, 2.05) is 22.7 Å². The average Bonchev–Trinajstić information content (AvgIpc) is 2.59. The van der Waals surface area contributed by atoms with Crippen LogP contribution in [0.25, 0.3) is 5.65 Å². The topological polar surface area (TPSA) is 43.3 Å². The summed E-state index contributed by atoms with van der Waals surface area (Å²) in [4.78, 5) is 4.22. The molecule has 74 valence electrons. The van der Waals surface area contributed by atoms with Crippen molar-refractivity contribution in [3.8, 4) is 0 Å². The summed E-state index contributed by atoms with van der Waals surface area (Å²) in [6, 6.07) is 4.12. The van der Waals surface area contributed by atoms with Gasteiger partial charge in [0.25, 0.3) is 0 Å². The molecule has 0 radical (unpaired) electrons. The number of hydrogen-bond acceptors (Lipinski definition) is 2. The van der Waals surface area contributed by atoms with Crippen LogP contribution >= 0.6 is 15.9 Å². The van der Waals surface area contributed by atoms with E-state index >= 15 is 0 Å². The van der Waals surface area contributed by atoms with Crippen molar-refractivity contribution in [3.63, 3.8) is 0 Å². The Kier molecular flexibility index (Phi) is 2.56. The van der Waals surface area contributed by atoms with Gasteiger partial charge in [-0.1, -0.05) is 13.0 Å². The Morgan fingerprint density at radius 1 is 1.57 bits per heavy atom. The third-order valence-electron chi connectivity index (χ3n) is 2.35. The van der Waals surface area contributed by atoms with Gasteiger partial charge in [-0.05, 0) is 34.0 Å². The molecule has 0 amide bonds. The minimum absolute atomic E-state index is 0.105. The Labute approximate surface area is 91.1 Å². The van der Waals surface area contributed by atoms with Crippen molar-refractivity contribution in [2.24, 2.45) is 5.73 Å². The quantitative estimate of drug-likeness (QED) is 0.894. The zero-order valence-corrected chi connectivity index (χ0v) is 9.53. The van der Waals surface area contributed by atoms with Gasteiger partial charge in [0, 0.05) is 12.2 Å². The summed E-state index contributed by atoms with van der Waals surface area (Å²) in [5.41, 5.74) is 8.03. The molecule has 0 spiro atoms. The van der Waals surface area contributed by atoms with Gasteiger partial charge in [-0.25, -0.2) is 4.98 Å². The minimum Gasteiger partial charge on any atom is -0.324 e. The molecule has 2 aromatic heterocycles. The first-order chi connectivity index (χ1) is 6.72. The molecule has 2 heterocycles. The van der Waals surface area contributed by atoms with E-state index in [9.17, 15) is 0 Å². The molecule has 2 aromatic rings. The molecule has 1 atom stereocenters. The Morgan fingerprint density at radius 3 is 3.07 bits per heavy atom. The zero-order chi connectivity index (χ0) is 10.1. The summed E-state index contributed by atoms with van der Waals surface area (Å²) < 4.78 is 2.95. The van der Waals surface area contributed by atoms with Crippen LogP contribution in [0.5, 0.6) is 0 Å². The lowest BCUT2D eigenvalue weighted by Crippen LogP contribution is -2.09. The van der Waals surface area contributed by atoms with Crippen LogP contribution in [0.4, 0.5) is 0 Å². The largest absolute Gasteiger partial charge is 0.324 e. The van der Waals surface area contributed by atoms with Crippen LogP contribution in [0.3, 0.4) is 0 Å². The van der Waals surface area contributed by atoms with Gasteiger partial charge in [-0.2, -0.15) is 0 Å². The van der Waals surface area contributed by atoms with Crippen molar-refractivity contribution in [3.05, 3.63) is 34.7 Å². The van der Waals surface area contributed by atoms with E-state index in [2.05, 4.69) is 27.8 Å². The molecule has 14 heavy (non-hydrogen) atoms. The van der Waals surface area contributed by atoms with Crippen LogP contribution in [0.1, 0.15) is 24.9 Å². The van der Waals surface area contributed by atoms with Crippen LogP contribution in [-0.4, -0.2) is 9.38 Å². The van der Waals surface area contributed by atoms with Gasteiger partial charge in [0.1, 0.15) is 10.3 Å². The number of hydrogen-bond donors (Lipinski definition) is 1. The Bertz CT molecular complexity index is 450. The highest BCUT2D eigenvalue weighted by atomic mass is 79.9. The lowest BCUT2D eigenvalue weighted by Gasteiger charge is -2.09. The molecule has 3 nitrogen and oxygen atoms in total. The fourth-order valence-electron chi connectivity index (χ4n) is 1.42. The van der Waals surface area contributed by atoms with Crippen LogP contribution < -0.4 is 5.73 Å². The monoisotopic (exact) mass is 253 g/mol. The second-order valence-corrected chi connectivity index (χ2v) is 4.10.